The Bertz CT molecular complexity index is 474. The molecule has 0 heterocycles. The van der Waals surface area contributed by atoms with Crippen LogP contribution in [0.25, 0.3) is 0 Å². The van der Waals surface area contributed by atoms with E-state index in [0.29, 0.717) is 12.3 Å². The van der Waals surface area contributed by atoms with Crippen LogP contribution < -0.4 is 20.7 Å². The number of imide groups is 1. The zero-order chi connectivity index (χ0) is 15.8. The minimum Gasteiger partial charge on any atom is -0.481 e. The Morgan fingerprint density at radius 1 is 1.19 bits per heavy atom. The molecule has 2 unspecified atom stereocenters. The largest absolute Gasteiger partial charge is 0.481 e. The van der Waals surface area contributed by atoms with Crippen molar-refractivity contribution >= 4 is 11.9 Å². The average Bonchev–Trinajstić information content (AvgIpc) is 2.47. The number of carbonyl (C=O) groups is 2. The van der Waals surface area contributed by atoms with Crippen molar-refractivity contribution in [3.8, 4) is 5.75 Å². The molecule has 0 fully saturated rings. The third-order valence-electron chi connectivity index (χ3n) is 3.07. The van der Waals surface area contributed by atoms with Crippen molar-refractivity contribution in [2.45, 2.75) is 32.9 Å². The third-order valence-corrected chi connectivity index (χ3v) is 3.07. The molecular weight excluding hydrogens is 270 g/mol. The normalized spacial score (nSPS) is 13.1. The standard InChI is InChI=1S/C15H23N3O3/c1-5-17-15(20)18-14(19)11(3)21-13-8-6-12(7-9-13)10(2)16-4/h6-11,16H,5H2,1-4H3,(H2,17,18,19,20). The van der Waals surface area contributed by atoms with Crippen molar-refractivity contribution in [3.63, 3.8) is 0 Å². The number of urea groups is 1. The van der Waals surface area contributed by atoms with Crippen LogP contribution in [-0.2, 0) is 4.79 Å². The second-order valence-electron chi connectivity index (χ2n) is 4.69. The maximum Gasteiger partial charge on any atom is 0.321 e. The van der Waals surface area contributed by atoms with Crippen molar-refractivity contribution in [2.75, 3.05) is 13.6 Å². The molecule has 0 saturated carbocycles. The van der Waals surface area contributed by atoms with Gasteiger partial charge in [-0.15, -0.1) is 0 Å². The van der Waals surface area contributed by atoms with Gasteiger partial charge in [0.25, 0.3) is 5.91 Å². The lowest BCUT2D eigenvalue weighted by Crippen LogP contribution is -2.45. The molecule has 0 spiro atoms. The lowest BCUT2D eigenvalue weighted by molar-refractivity contribution is -0.126. The maximum atomic E-state index is 11.7. The predicted octanol–water partition coefficient (Wildman–Crippen LogP) is 1.58. The van der Waals surface area contributed by atoms with Gasteiger partial charge in [-0.1, -0.05) is 12.1 Å². The number of rotatable bonds is 6. The van der Waals surface area contributed by atoms with Crippen LogP contribution in [0.5, 0.6) is 5.75 Å². The fourth-order valence-electron chi connectivity index (χ4n) is 1.68. The summed E-state index contributed by atoms with van der Waals surface area (Å²) in [6, 6.07) is 7.21. The van der Waals surface area contributed by atoms with E-state index in [1.165, 1.54) is 0 Å². The number of hydrogen-bond donors (Lipinski definition) is 3. The lowest BCUT2D eigenvalue weighted by atomic mass is 10.1. The first-order chi connectivity index (χ1) is 9.97. The first kappa shape index (κ1) is 17.0. The fourth-order valence-corrected chi connectivity index (χ4v) is 1.68. The summed E-state index contributed by atoms with van der Waals surface area (Å²) in [4.78, 5) is 23.0. The zero-order valence-corrected chi connectivity index (χ0v) is 12.9. The lowest BCUT2D eigenvalue weighted by Gasteiger charge is -2.15. The molecule has 2 atom stereocenters. The molecule has 1 rings (SSSR count). The van der Waals surface area contributed by atoms with E-state index in [2.05, 4.69) is 22.9 Å². The second-order valence-corrected chi connectivity index (χ2v) is 4.69. The Labute approximate surface area is 125 Å². The number of amides is 3. The Morgan fingerprint density at radius 2 is 1.81 bits per heavy atom. The highest BCUT2D eigenvalue weighted by Gasteiger charge is 2.17. The Morgan fingerprint density at radius 3 is 2.33 bits per heavy atom. The van der Waals surface area contributed by atoms with Crippen LogP contribution in [0, 0.1) is 0 Å². The molecule has 3 amide bonds. The summed E-state index contributed by atoms with van der Waals surface area (Å²) in [7, 11) is 1.89. The van der Waals surface area contributed by atoms with Crippen LogP contribution in [0.2, 0.25) is 0 Å². The summed E-state index contributed by atoms with van der Waals surface area (Å²) in [5.41, 5.74) is 1.13. The van der Waals surface area contributed by atoms with Crippen LogP contribution >= 0.6 is 0 Å². The van der Waals surface area contributed by atoms with Crippen molar-refractivity contribution in [3.05, 3.63) is 29.8 Å². The summed E-state index contributed by atoms with van der Waals surface area (Å²) in [5.74, 6) is 0.106. The monoisotopic (exact) mass is 293 g/mol. The molecule has 0 aliphatic carbocycles. The number of benzene rings is 1. The molecule has 0 saturated heterocycles. The van der Waals surface area contributed by atoms with Gasteiger partial charge in [-0.3, -0.25) is 10.1 Å². The molecule has 6 nitrogen and oxygen atoms in total. The van der Waals surface area contributed by atoms with E-state index in [9.17, 15) is 9.59 Å². The maximum absolute atomic E-state index is 11.7. The molecule has 3 N–H and O–H groups in total. The Kier molecular flexibility index (Phi) is 6.68. The molecule has 0 aliphatic rings. The molecule has 1 aromatic rings. The van der Waals surface area contributed by atoms with Crippen LogP contribution in [0.4, 0.5) is 4.79 Å². The molecular formula is C15H23N3O3. The van der Waals surface area contributed by atoms with Gasteiger partial charge in [0.15, 0.2) is 6.10 Å². The summed E-state index contributed by atoms with van der Waals surface area (Å²) >= 11 is 0. The summed E-state index contributed by atoms with van der Waals surface area (Å²) in [6.07, 6.45) is -0.750. The van der Waals surface area contributed by atoms with Gasteiger partial charge in [0.2, 0.25) is 0 Å². The Hall–Kier alpha value is -2.08. The molecule has 116 valence electrons. The SMILES string of the molecule is CCNC(=O)NC(=O)C(C)Oc1ccc(C(C)NC)cc1. The first-order valence-electron chi connectivity index (χ1n) is 7.00. The van der Waals surface area contributed by atoms with Gasteiger partial charge < -0.3 is 15.4 Å². The fraction of sp³-hybridized carbons (Fsp3) is 0.467. The van der Waals surface area contributed by atoms with Crippen LogP contribution in [0.1, 0.15) is 32.4 Å². The van der Waals surface area contributed by atoms with Crippen LogP contribution in [-0.4, -0.2) is 31.6 Å². The van der Waals surface area contributed by atoms with Gasteiger partial charge in [0, 0.05) is 12.6 Å². The van der Waals surface area contributed by atoms with Gasteiger partial charge >= 0.3 is 6.03 Å². The second kappa shape index (κ2) is 8.26. The van der Waals surface area contributed by atoms with E-state index < -0.39 is 18.0 Å². The molecule has 0 aromatic heterocycles. The smallest absolute Gasteiger partial charge is 0.321 e. The number of nitrogens with one attached hydrogen (secondary N) is 3. The molecule has 0 aliphatic heterocycles. The summed E-state index contributed by atoms with van der Waals surface area (Å²) < 4.78 is 5.51. The van der Waals surface area contributed by atoms with Gasteiger partial charge in [0.1, 0.15) is 5.75 Å². The van der Waals surface area contributed by atoms with E-state index in [1.54, 1.807) is 26.0 Å². The van der Waals surface area contributed by atoms with E-state index in [0.717, 1.165) is 5.56 Å². The highest BCUT2D eigenvalue weighted by Crippen LogP contribution is 2.18. The van der Waals surface area contributed by atoms with E-state index in [-0.39, 0.29) is 6.04 Å². The van der Waals surface area contributed by atoms with E-state index >= 15 is 0 Å². The Balaban J connectivity index is 2.56. The van der Waals surface area contributed by atoms with Crippen LogP contribution in [0.3, 0.4) is 0 Å². The summed E-state index contributed by atoms with van der Waals surface area (Å²) in [5, 5.41) is 7.85. The molecule has 21 heavy (non-hydrogen) atoms. The third kappa shape index (κ3) is 5.43. The number of carbonyl (C=O) groups excluding carboxylic acids is 2. The zero-order valence-electron chi connectivity index (χ0n) is 12.9. The molecule has 0 bridgehead atoms. The highest BCUT2D eigenvalue weighted by atomic mass is 16.5. The van der Waals surface area contributed by atoms with Crippen molar-refractivity contribution in [2.24, 2.45) is 0 Å². The van der Waals surface area contributed by atoms with E-state index in [1.807, 2.05) is 19.2 Å². The predicted molar refractivity (Wildman–Crippen MR) is 81.2 cm³/mol. The highest BCUT2D eigenvalue weighted by molar-refractivity contribution is 5.96. The summed E-state index contributed by atoms with van der Waals surface area (Å²) in [6.45, 7) is 5.88. The molecule has 6 heteroatoms. The van der Waals surface area contributed by atoms with Crippen molar-refractivity contribution in [1.82, 2.24) is 16.0 Å². The van der Waals surface area contributed by atoms with E-state index in [4.69, 9.17) is 4.74 Å². The van der Waals surface area contributed by atoms with Crippen molar-refractivity contribution in [1.29, 1.82) is 0 Å². The minimum atomic E-state index is -0.750. The number of hydrogen-bond acceptors (Lipinski definition) is 4. The van der Waals surface area contributed by atoms with Gasteiger partial charge in [-0.2, -0.15) is 0 Å². The van der Waals surface area contributed by atoms with Gasteiger partial charge in [-0.05, 0) is 45.5 Å². The molecule has 1 aromatic carbocycles. The first-order valence-corrected chi connectivity index (χ1v) is 7.00. The van der Waals surface area contributed by atoms with Gasteiger partial charge in [-0.25, -0.2) is 4.79 Å². The van der Waals surface area contributed by atoms with Crippen LogP contribution in [0.15, 0.2) is 24.3 Å². The minimum absolute atomic E-state index is 0.248. The topological polar surface area (TPSA) is 79.5 Å². The molecule has 0 radical (unpaired) electrons. The van der Waals surface area contributed by atoms with Gasteiger partial charge in [0.05, 0.1) is 0 Å². The number of ether oxygens (including phenoxy) is 1. The van der Waals surface area contributed by atoms with Crippen molar-refractivity contribution < 1.29 is 14.3 Å². The quantitative estimate of drug-likeness (QED) is 0.744. The average molecular weight is 293 g/mol.